The second-order valence-corrected chi connectivity index (χ2v) is 8.75. The average molecular weight is 463 g/mol. The van der Waals surface area contributed by atoms with Crippen molar-refractivity contribution in [2.45, 2.75) is 38.7 Å². The third-order valence-corrected chi connectivity index (χ3v) is 6.49. The van der Waals surface area contributed by atoms with E-state index in [2.05, 4.69) is 9.97 Å². The number of aryl methyl sites for hydroxylation is 2. The van der Waals surface area contributed by atoms with Gasteiger partial charge in [0.05, 0.1) is 22.7 Å². The maximum Gasteiger partial charge on any atom is 0.263 e. The molecule has 0 spiro atoms. The topological polar surface area (TPSA) is 69.9 Å². The zero-order chi connectivity index (χ0) is 24.0. The van der Waals surface area contributed by atoms with Gasteiger partial charge in [0, 0.05) is 48.8 Å². The molecule has 0 aliphatic carbocycles. The third-order valence-electron chi connectivity index (χ3n) is 6.49. The molecule has 34 heavy (non-hydrogen) atoms. The van der Waals surface area contributed by atoms with Crippen LogP contribution in [0.1, 0.15) is 47.6 Å². The molecule has 4 aromatic rings. The average Bonchev–Trinajstić information content (AvgIpc) is 2.82. The fourth-order valence-electron chi connectivity index (χ4n) is 4.56. The van der Waals surface area contributed by atoms with Crippen molar-refractivity contribution in [3.8, 4) is 11.3 Å². The van der Waals surface area contributed by atoms with Crippen molar-refractivity contribution in [1.29, 1.82) is 0 Å². The first-order chi connectivity index (χ1) is 16.3. The van der Waals surface area contributed by atoms with Crippen LogP contribution in [0.4, 0.5) is 8.78 Å². The van der Waals surface area contributed by atoms with E-state index in [9.17, 15) is 13.6 Å². The number of ether oxygens (including phenoxy) is 1. The lowest BCUT2D eigenvalue weighted by Crippen LogP contribution is -2.23. The lowest BCUT2D eigenvalue weighted by molar-refractivity contribution is 0.00460. The van der Waals surface area contributed by atoms with Gasteiger partial charge in [0.15, 0.2) is 0 Å². The molecule has 1 aromatic carbocycles. The van der Waals surface area contributed by atoms with Gasteiger partial charge in [-0.05, 0) is 62.6 Å². The SMILES string of the molecule is Cc1cc([C@@H]2C[C@@H](c3cc4nc(C)n(C)c(=O)c4c(-c4ccc(F)cc4F)n3)CCO2)ccn1. The summed E-state index contributed by atoms with van der Waals surface area (Å²) in [6, 6.07) is 9.07. The molecule has 0 bridgehead atoms. The van der Waals surface area contributed by atoms with Crippen molar-refractivity contribution in [2.24, 2.45) is 7.05 Å². The molecule has 0 saturated carbocycles. The van der Waals surface area contributed by atoms with Gasteiger partial charge in [0.2, 0.25) is 0 Å². The van der Waals surface area contributed by atoms with E-state index in [1.807, 2.05) is 25.1 Å². The second-order valence-electron chi connectivity index (χ2n) is 8.75. The molecule has 0 radical (unpaired) electrons. The van der Waals surface area contributed by atoms with Crippen molar-refractivity contribution >= 4 is 10.9 Å². The highest BCUT2D eigenvalue weighted by molar-refractivity contribution is 5.92. The van der Waals surface area contributed by atoms with Gasteiger partial charge in [-0.25, -0.2) is 13.8 Å². The maximum atomic E-state index is 14.8. The highest BCUT2D eigenvalue weighted by atomic mass is 19.1. The van der Waals surface area contributed by atoms with Gasteiger partial charge in [0.1, 0.15) is 17.5 Å². The minimum atomic E-state index is -0.773. The molecule has 174 valence electrons. The number of hydrogen-bond donors (Lipinski definition) is 0. The fourth-order valence-corrected chi connectivity index (χ4v) is 4.56. The van der Waals surface area contributed by atoms with Crippen molar-refractivity contribution < 1.29 is 13.5 Å². The van der Waals surface area contributed by atoms with Crippen LogP contribution in [-0.4, -0.2) is 26.1 Å². The number of hydrogen-bond acceptors (Lipinski definition) is 5. The highest BCUT2D eigenvalue weighted by Gasteiger charge is 2.28. The van der Waals surface area contributed by atoms with Crippen LogP contribution in [0.25, 0.3) is 22.2 Å². The zero-order valence-electron chi connectivity index (χ0n) is 19.2. The predicted molar refractivity (Wildman–Crippen MR) is 125 cm³/mol. The second kappa shape index (κ2) is 8.68. The van der Waals surface area contributed by atoms with E-state index < -0.39 is 11.6 Å². The Hall–Kier alpha value is -3.52. The smallest absolute Gasteiger partial charge is 0.263 e. The Balaban J connectivity index is 1.66. The Morgan fingerprint density at radius 3 is 2.68 bits per heavy atom. The lowest BCUT2D eigenvalue weighted by Gasteiger charge is -2.30. The molecule has 4 heterocycles. The summed E-state index contributed by atoms with van der Waals surface area (Å²) in [6.07, 6.45) is 3.05. The van der Waals surface area contributed by atoms with Gasteiger partial charge in [-0.1, -0.05) is 0 Å². The van der Waals surface area contributed by atoms with E-state index in [4.69, 9.17) is 9.72 Å². The number of pyridine rings is 2. The van der Waals surface area contributed by atoms with E-state index in [1.165, 1.54) is 16.7 Å². The van der Waals surface area contributed by atoms with E-state index in [-0.39, 0.29) is 34.2 Å². The Morgan fingerprint density at radius 1 is 1.09 bits per heavy atom. The summed E-state index contributed by atoms with van der Waals surface area (Å²) in [5.41, 5.74) is 3.06. The molecule has 8 heteroatoms. The first-order valence-electron chi connectivity index (χ1n) is 11.2. The molecular weight excluding hydrogens is 438 g/mol. The molecule has 1 aliphatic heterocycles. The van der Waals surface area contributed by atoms with Crippen LogP contribution >= 0.6 is 0 Å². The largest absolute Gasteiger partial charge is 0.373 e. The van der Waals surface area contributed by atoms with E-state index in [1.54, 1.807) is 20.2 Å². The molecule has 2 atom stereocenters. The summed E-state index contributed by atoms with van der Waals surface area (Å²) in [6.45, 7) is 4.22. The van der Waals surface area contributed by atoms with E-state index in [0.29, 0.717) is 30.1 Å². The Labute approximate surface area is 195 Å². The van der Waals surface area contributed by atoms with Gasteiger partial charge in [-0.2, -0.15) is 0 Å². The Kier molecular flexibility index (Phi) is 5.69. The first-order valence-corrected chi connectivity index (χ1v) is 11.2. The minimum Gasteiger partial charge on any atom is -0.373 e. The summed E-state index contributed by atoms with van der Waals surface area (Å²) >= 11 is 0. The zero-order valence-corrected chi connectivity index (χ0v) is 19.2. The normalized spacial score (nSPS) is 18.4. The molecule has 6 nitrogen and oxygen atoms in total. The highest BCUT2D eigenvalue weighted by Crippen LogP contribution is 2.39. The van der Waals surface area contributed by atoms with Gasteiger partial charge < -0.3 is 4.74 Å². The van der Waals surface area contributed by atoms with Crippen LogP contribution in [-0.2, 0) is 11.8 Å². The summed E-state index contributed by atoms with van der Waals surface area (Å²) in [5, 5.41) is 0.218. The number of benzene rings is 1. The summed E-state index contributed by atoms with van der Waals surface area (Å²) in [5.74, 6) is -0.906. The van der Waals surface area contributed by atoms with Crippen LogP contribution in [0.5, 0.6) is 0 Å². The lowest BCUT2D eigenvalue weighted by atomic mass is 9.88. The van der Waals surface area contributed by atoms with Crippen molar-refractivity contribution in [3.63, 3.8) is 0 Å². The molecule has 0 amide bonds. The molecule has 3 aromatic heterocycles. The van der Waals surface area contributed by atoms with Crippen molar-refractivity contribution in [2.75, 3.05) is 6.61 Å². The maximum absolute atomic E-state index is 14.8. The molecule has 5 rings (SSSR count). The monoisotopic (exact) mass is 462 g/mol. The van der Waals surface area contributed by atoms with Gasteiger partial charge in [-0.3, -0.25) is 19.3 Å². The Bertz CT molecular complexity index is 1470. The number of aromatic nitrogens is 4. The predicted octanol–water partition coefficient (Wildman–Crippen LogP) is 4.92. The van der Waals surface area contributed by atoms with Crippen LogP contribution in [0.2, 0.25) is 0 Å². The van der Waals surface area contributed by atoms with E-state index >= 15 is 0 Å². The fraction of sp³-hybridized carbons (Fsp3) is 0.308. The van der Waals surface area contributed by atoms with Crippen molar-refractivity contribution in [3.05, 3.63) is 87.4 Å². The van der Waals surface area contributed by atoms with Crippen LogP contribution < -0.4 is 5.56 Å². The van der Waals surface area contributed by atoms with Crippen LogP contribution in [0.3, 0.4) is 0 Å². The molecule has 0 N–H and O–H groups in total. The first kappa shape index (κ1) is 22.3. The van der Waals surface area contributed by atoms with Gasteiger partial charge in [0.25, 0.3) is 5.56 Å². The molecule has 1 fully saturated rings. The molecular formula is C26H24F2N4O2. The summed E-state index contributed by atoms with van der Waals surface area (Å²) in [4.78, 5) is 26.8. The quantitative estimate of drug-likeness (QED) is 0.432. The molecule has 1 aliphatic rings. The van der Waals surface area contributed by atoms with Crippen molar-refractivity contribution in [1.82, 2.24) is 19.5 Å². The molecule has 1 saturated heterocycles. The standard InChI is InChI=1S/C26H24F2N4O2/c1-14-10-17(6-8-29-14)23-11-16(7-9-34-23)21-13-22-24(26(33)32(3)15(2)30-22)25(31-21)19-5-4-18(27)12-20(19)28/h4-6,8,10,12-13,16,23H,7,9,11H2,1-3H3/t16-,23-/m0/s1. The Morgan fingerprint density at radius 2 is 1.91 bits per heavy atom. The molecule has 0 unspecified atom stereocenters. The number of fused-ring (bicyclic) bond motifs is 1. The summed E-state index contributed by atoms with van der Waals surface area (Å²) in [7, 11) is 1.61. The third kappa shape index (κ3) is 3.98. The minimum absolute atomic E-state index is 0.0186. The van der Waals surface area contributed by atoms with Crippen LogP contribution in [0.15, 0.2) is 47.4 Å². The summed E-state index contributed by atoms with van der Waals surface area (Å²) < 4.78 is 35.9. The van der Waals surface area contributed by atoms with Gasteiger partial charge >= 0.3 is 0 Å². The number of halogens is 2. The van der Waals surface area contributed by atoms with Gasteiger partial charge in [-0.15, -0.1) is 0 Å². The number of rotatable bonds is 3. The van der Waals surface area contributed by atoms with E-state index in [0.717, 1.165) is 23.7 Å². The van der Waals surface area contributed by atoms with Crippen LogP contribution in [0, 0.1) is 25.5 Å². The number of nitrogens with zero attached hydrogens (tertiary/aromatic N) is 4.